The molecule has 38 heavy (non-hydrogen) atoms. The van der Waals surface area contributed by atoms with Crippen molar-refractivity contribution in [2.24, 2.45) is 0 Å². The molecule has 1 aliphatic carbocycles. The number of hydrogen-bond donors (Lipinski definition) is 1. The van der Waals surface area contributed by atoms with Gasteiger partial charge in [-0.15, -0.1) is 0 Å². The average molecular weight is 539 g/mol. The molecule has 1 N–H and O–H groups in total. The number of carbonyl (C=O) groups excluding carboxylic acids is 1. The Labute approximate surface area is 221 Å². The van der Waals surface area contributed by atoms with Gasteiger partial charge >= 0.3 is 12.3 Å². The van der Waals surface area contributed by atoms with Crippen LogP contribution in [0.3, 0.4) is 0 Å². The van der Waals surface area contributed by atoms with Crippen LogP contribution in [0.5, 0.6) is 0 Å². The van der Waals surface area contributed by atoms with E-state index in [1.54, 1.807) is 18.3 Å². The van der Waals surface area contributed by atoms with Crippen LogP contribution < -0.4 is 5.32 Å². The Morgan fingerprint density at radius 2 is 1.95 bits per heavy atom. The van der Waals surface area contributed by atoms with Gasteiger partial charge in [0, 0.05) is 28.8 Å². The lowest BCUT2D eigenvalue weighted by molar-refractivity contribution is -0.196. The summed E-state index contributed by atoms with van der Waals surface area (Å²) in [5, 5.41) is 13.3. The van der Waals surface area contributed by atoms with Crippen LogP contribution in [0.2, 0.25) is 5.02 Å². The van der Waals surface area contributed by atoms with E-state index in [0.29, 0.717) is 16.8 Å². The van der Waals surface area contributed by atoms with Crippen LogP contribution in [0.4, 0.5) is 23.7 Å². The number of ether oxygens (including phenoxy) is 1. The van der Waals surface area contributed by atoms with Crippen LogP contribution in [-0.4, -0.2) is 27.9 Å². The van der Waals surface area contributed by atoms with Gasteiger partial charge in [-0.3, -0.25) is 10.3 Å². The molecule has 0 radical (unpaired) electrons. The SMILES string of the molecule is C[C@@H](OC(=O)Nc1ccc(-c2c(C#N)c3ccc(-c4ccccn4)cc3n2C2CCC2)cc1Cl)C(F)(F)F. The Morgan fingerprint density at radius 1 is 1.18 bits per heavy atom. The first-order chi connectivity index (χ1) is 18.2. The van der Waals surface area contributed by atoms with E-state index >= 15 is 0 Å². The molecule has 0 bridgehead atoms. The molecule has 1 atom stereocenters. The van der Waals surface area contributed by atoms with E-state index in [-0.39, 0.29) is 16.8 Å². The molecule has 1 amide bonds. The smallest absolute Gasteiger partial charge is 0.425 e. The van der Waals surface area contributed by atoms with Gasteiger partial charge in [0.25, 0.3) is 0 Å². The highest BCUT2D eigenvalue weighted by molar-refractivity contribution is 6.34. The Kier molecular flexibility index (Phi) is 6.76. The molecule has 194 valence electrons. The van der Waals surface area contributed by atoms with Gasteiger partial charge in [0.2, 0.25) is 0 Å². The molecule has 1 saturated carbocycles. The van der Waals surface area contributed by atoms with Crippen molar-refractivity contribution in [3.05, 3.63) is 71.4 Å². The van der Waals surface area contributed by atoms with Gasteiger partial charge in [-0.05, 0) is 56.5 Å². The first kappa shape index (κ1) is 25.6. The third-order valence-corrected chi connectivity index (χ3v) is 7.05. The normalized spacial score (nSPS) is 14.5. The summed E-state index contributed by atoms with van der Waals surface area (Å²) in [5.74, 6) is 0. The van der Waals surface area contributed by atoms with Gasteiger partial charge in [-0.1, -0.05) is 35.9 Å². The zero-order valence-electron chi connectivity index (χ0n) is 20.2. The largest absolute Gasteiger partial charge is 0.437 e. The molecule has 2 heterocycles. The number of nitrogens with one attached hydrogen (secondary N) is 1. The van der Waals surface area contributed by atoms with Crippen LogP contribution >= 0.6 is 11.6 Å². The van der Waals surface area contributed by atoms with E-state index in [9.17, 15) is 23.2 Å². The molecule has 1 aliphatic rings. The Morgan fingerprint density at radius 3 is 2.55 bits per heavy atom. The molecule has 5 rings (SSSR count). The lowest BCUT2D eigenvalue weighted by Crippen LogP contribution is -2.32. The lowest BCUT2D eigenvalue weighted by Gasteiger charge is -2.30. The Balaban J connectivity index is 1.56. The fraction of sp³-hybridized carbons (Fsp3) is 0.250. The number of nitrogens with zero attached hydrogens (tertiary/aromatic N) is 3. The fourth-order valence-electron chi connectivity index (χ4n) is 4.56. The minimum atomic E-state index is -4.68. The number of rotatable bonds is 5. The second-order valence-electron chi connectivity index (χ2n) is 9.15. The highest BCUT2D eigenvalue weighted by atomic mass is 35.5. The maximum absolute atomic E-state index is 12.7. The number of pyridine rings is 1. The molecule has 0 unspecified atom stereocenters. The minimum absolute atomic E-state index is 0.0945. The second kappa shape index (κ2) is 10.0. The number of fused-ring (bicyclic) bond motifs is 1. The molecule has 6 nitrogen and oxygen atoms in total. The number of aromatic nitrogens is 2. The van der Waals surface area contributed by atoms with Gasteiger partial charge in [0.1, 0.15) is 6.07 Å². The summed E-state index contributed by atoms with van der Waals surface area (Å²) in [7, 11) is 0. The van der Waals surface area contributed by atoms with Crippen molar-refractivity contribution in [2.45, 2.75) is 44.5 Å². The first-order valence-electron chi connectivity index (χ1n) is 12.0. The van der Waals surface area contributed by atoms with Crippen molar-refractivity contribution in [2.75, 3.05) is 5.32 Å². The van der Waals surface area contributed by atoms with Crippen molar-refractivity contribution >= 4 is 34.3 Å². The van der Waals surface area contributed by atoms with Crippen LogP contribution in [0.25, 0.3) is 33.4 Å². The third kappa shape index (κ3) is 4.79. The summed E-state index contributed by atoms with van der Waals surface area (Å²) in [6.07, 6.45) is -3.48. The summed E-state index contributed by atoms with van der Waals surface area (Å²) in [5.41, 5.74) is 4.60. The number of benzene rings is 2. The van der Waals surface area contributed by atoms with Gasteiger partial charge in [0.15, 0.2) is 6.10 Å². The third-order valence-electron chi connectivity index (χ3n) is 6.74. The second-order valence-corrected chi connectivity index (χ2v) is 9.55. The van der Waals surface area contributed by atoms with E-state index in [2.05, 4.69) is 25.7 Å². The van der Waals surface area contributed by atoms with E-state index in [1.165, 1.54) is 6.07 Å². The molecule has 0 saturated heterocycles. The Bertz CT molecular complexity index is 1560. The van der Waals surface area contributed by atoms with Gasteiger partial charge in [0.05, 0.1) is 33.2 Å². The average Bonchev–Trinajstić information content (AvgIpc) is 3.17. The highest BCUT2D eigenvalue weighted by Gasteiger charge is 2.39. The summed E-state index contributed by atoms with van der Waals surface area (Å²) >= 11 is 6.44. The number of alkyl halides is 3. The van der Waals surface area contributed by atoms with Crippen molar-refractivity contribution in [3.8, 4) is 28.6 Å². The van der Waals surface area contributed by atoms with Gasteiger partial charge < -0.3 is 9.30 Å². The zero-order valence-corrected chi connectivity index (χ0v) is 21.0. The zero-order chi connectivity index (χ0) is 27.0. The number of anilines is 1. The molecule has 4 aromatic rings. The summed E-state index contributed by atoms with van der Waals surface area (Å²) in [4.78, 5) is 16.4. The van der Waals surface area contributed by atoms with E-state index in [0.717, 1.165) is 48.3 Å². The lowest BCUT2D eigenvalue weighted by atomic mass is 9.92. The van der Waals surface area contributed by atoms with Crippen molar-refractivity contribution in [1.82, 2.24) is 9.55 Å². The van der Waals surface area contributed by atoms with Crippen LogP contribution in [0, 0.1) is 11.3 Å². The number of amides is 1. The molecular weight excluding hydrogens is 517 g/mol. The van der Waals surface area contributed by atoms with Crippen molar-refractivity contribution < 1.29 is 22.7 Å². The van der Waals surface area contributed by atoms with Crippen LogP contribution in [-0.2, 0) is 4.74 Å². The van der Waals surface area contributed by atoms with Gasteiger partial charge in [-0.25, -0.2) is 4.79 Å². The molecule has 0 aliphatic heterocycles. The van der Waals surface area contributed by atoms with E-state index < -0.39 is 18.4 Å². The van der Waals surface area contributed by atoms with Gasteiger partial charge in [-0.2, -0.15) is 18.4 Å². The maximum atomic E-state index is 12.7. The molecular formula is C28H22ClF3N4O2. The predicted molar refractivity (Wildman–Crippen MR) is 139 cm³/mol. The predicted octanol–water partition coefficient (Wildman–Crippen LogP) is 8.12. The minimum Gasteiger partial charge on any atom is -0.437 e. The number of carbonyl (C=O) groups is 1. The summed E-state index contributed by atoms with van der Waals surface area (Å²) in [6.45, 7) is 0.742. The Hall–Kier alpha value is -4.03. The van der Waals surface area contributed by atoms with Crippen LogP contribution in [0.1, 0.15) is 37.8 Å². The van der Waals surface area contributed by atoms with Crippen LogP contribution in [0.15, 0.2) is 60.8 Å². The number of hydrogen-bond acceptors (Lipinski definition) is 4. The van der Waals surface area contributed by atoms with Crippen molar-refractivity contribution in [3.63, 3.8) is 0 Å². The quantitative estimate of drug-likeness (QED) is 0.278. The summed E-state index contributed by atoms with van der Waals surface area (Å²) in [6, 6.07) is 18.9. The molecule has 2 aromatic heterocycles. The molecule has 0 spiro atoms. The van der Waals surface area contributed by atoms with Crippen molar-refractivity contribution in [1.29, 1.82) is 5.26 Å². The van der Waals surface area contributed by atoms with E-state index in [1.807, 2.05) is 36.4 Å². The number of nitriles is 1. The number of halogens is 4. The summed E-state index contributed by atoms with van der Waals surface area (Å²) < 4.78 is 44.7. The topological polar surface area (TPSA) is 79.9 Å². The first-order valence-corrected chi connectivity index (χ1v) is 12.4. The monoisotopic (exact) mass is 538 g/mol. The molecule has 10 heteroatoms. The highest BCUT2D eigenvalue weighted by Crippen LogP contribution is 2.44. The molecule has 1 fully saturated rings. The molecule has 2 aromatic carbocycles. The fourth-order valence-corrected chi connectivity index (χ4v) is 4.78. The maximum Gasteiger partial charge on any atom is 0.425 e. The standard InChI is InChI=1S/C28H22ClF3N4O2/c1-16(28(30,31)32)38-27(37)35-24-11-9-18(13-22(24)29)26-21(15-33)20-10-8-17(23-7-2-3-12-34-23)14-25(20)36(26)19-5-4-6-19/h2-3,7-14,16,19H,4-6H2,1H3,(H,35,37)/t16-/m1/s1. The van der Waals surface area contributed by atoms with E-state index in [4.69, 9.17) is 11.6 Å².